The predicted molar refractivity (Wildman–Crippen MR) is 67.4 cm³/mol. The van der Waals surface area contributed by atoms with E-state index in [1.807, 2.05) is 0 Å². The zero-order valence-corrected chi connectivity index (χ0v) is 10.9. The van der Waals surface area contributed by atoms with Crippen LogP contribution in [0.3, 0.4) is 0 Å². The second-order valence-electron chi connectivity index (χ2n) is 4.88. The van der Waals surface area contributed by atoms with Crippen LogP contribution in [0, 0.1) is 0 Å². The number of rotatable bonds is 5. The molecule has 0 radical (unpaired) electrons. The highest BCUT2D eigenvalue weighted by Crippen LogP contribution is 2.22. The highest BCUT2D eigenvalue weighted by Gasteiger charge is 2.28. The zero-order chi connectivity index (χ0) is 12.0. The molecule has 1 rings (SSSR count). The van der Waals surface area contributed by atoms with Crippen LogP contribution in [0.15, 0.2) is 0 Å². The molecule has 1 aliphatic heterocycles. The fraction of sp³-hybridized carbons (Fsp3) is 0.923. The maximum absolute atomic E-state index is 11.5. The molecule has 1 unspecified atom stereocenters. The fourth-order valence-corrected chi connectivity index (χ4v) is 2.59. The minimum atomic E-state index is 0.201. The number of carbonyl (C=O) groups excluding carboxylic acids is 1. The van der Waals surface area contributed by atoms with Crippen molar-refractivity contribution in [1.29, 1.82) is 0 Å². The monoisotopic (exact) mass is 226 g/mol. The van der Waals surface area contributed by atoms with Crippen molar-refractivity contribution in [2.24, 2.45) is 0 Å². The van der Waals surface area contributed by atoms with E-state index in [2.05, 4.69) is 31.4 Å². The first-order valence-corrected chi connectivity index (χ1v) is 6.70. The molecule has 1 aliphatic rings. The van der Waals surface area contributed by atoms with Gasteiger partial charge in [-0.3, -0.25) is 4.79 Å². The average Bonchev–Trinajstić information content (AvgIpc) is 2.50. The Balaban J connectivity index is 2.58. The van der Waals surface area contributed by atoms with Gasteiger partial charge in [0.05, 0.1) is 0 Å². The summed E-state index contributed by atoms with van der Waals surface area (Å²) in [5.41, 5.74) is 0.231. The van der Waals surface area contributed by atoms with E-state index in [0.717, 1.165) is 38.6 Å². The molecule has 0 aromatic heterocycles. The number of amides is 1. The summed E-state index contributed by atoms with van der Waals surface area (Å²) in [4.78, 5) is 11.5. The van der Waals surface area contributed by atoms with Crippen molar-refractivity contribution in [2.45, 2.75) is 70.9 Å². The molecule has 1 saturated heterocycles. The van der Waals surface area contributed by atoms with Gasteiger partial charge in [0.25, 0.3) is 0 Å². The molecule has 0 spiro atoms. The summed E-state index contributed by atoms with van der Waals surface area (Å²) in [5.74, 6) is 0.201. The maximum Gasteiger partial charge on any atom is 0.221 e. The van der Waals surface area contributed by atoms with Crippen molar-refractivity contribution >= 4 is 5.91 Å². The highest BCUT2D eigenvalue weighted by molar-refractivity contribution is 5.76. The number of hydrogen-bond acceptors (Lipinski definition) is 2. The SMILES string of the molecule is CCC(CC)(CC)NC1CCCNC(=O)C1. The van der Waals surface area contributed by atoms with Crippen LogP contribution in [-0.4, -0.2) is 24.0 Å². The smallest absolute Gasteiger partial charge is 0.221 e. The molecule has 94 valence electrons. The molecular weight excluding hydrogens is 200 g/mol. The number of hydrogen-bond donors (Lipinski definition) is 2. The van der Waals surface area contributed by atoms with E-state index in [4.69, 9.17) is 0 Å². The lowest BCUT2D eigenvalue weighted by molar-refractivity contribution is -0.121. The van der Waals surface area contributed by atoms with Crippen LogP contribution in [0.4, 0.5) is 0 Å². The van der Waals surface area contributed by atoms with Crippen molar-refractivity contribution in [3.63, 3.8) is 0 Å². The molecule has 2 N–H and O–H groups in total. The Bertz CT molecular complexity index is 216. The summed E-state index contributed by atoms with van der Waals surface area (Å²) in [6.07, 6.45) is 6.26. The van der Waals surface area contributed by atoms with Crippen LogP contribution < -0.4 is 10.6 Å². The van der Waals surface area contributed by atoms with Crippen LogP contribution in [0.5, 0.6) is 0 Å². The van der Waals surface area contributed by atoms with Crippen molar-refractivity contribution < 1.29 is 4.79 Å². The molecule has 0 aromatic rings. The van der Waals surface area contributed by atoms with Gasteiger partial charge in [-0.15, -0.1) is 0 Å². The third-order valence-corrected chi connectivity index (χ3v) is 4.02. The lowest BCUT2D eigenvalue weighted by atomic mass is 9.88. The van der Waals surface area contributed by atoms with Crippen LogP contribution in [0.25, 0.3) is 0 Å². The third kappa shape index (κ3) is 3.48. The Hall–Kier alpha value is -0.570. The molecule has 1 amide bonds. The third-order valence-electron chi connectivity index (χ3n) is 4.02. The molecule has 0 bridgehead atoms. The van der Waals surface area contributed by atoms with Gasteiger partial charge in [-0.25, -0.2) is 0 Å². The van der Waals surface area contributed by atoms with Gasteiger partial charge in [-0.1, -0.05) is 20.8 Å². The molecule has 0 aliphatic carbocycles. The summed E-state index contributed by atoms with van der Waals surface area (Å²) in [6, 6.07) is 0.363. The first kappa shape index (κ1) is 13.5. The van der Waals surface area contributed by atoms with E-state index in [0.29, 0.717) is 12.5 Å². The number of nitrogens with one attached hydrogen (secondary N) is 2. The van der Waals surface area contributed by atoms with E-state index in [1.54, 1.807) is 0 Å². The van der Waals surface area contributed by atoms with Crippen molar-refractivity contribution in [2.75, 3.05) is 6.54 Å². The largest absolute Gasteiger partial charge is 0.356 e. The lowest BCUT2D eigenvalue weighted by Crippen LogP contribution is -2.49. The molecule has 1 fully saturated rings. The molecule has 3 nitrogen and oxygen atoms in total. The Morgan fingerprint density at radius 1 is 1.31 bits per heavy atom. The van der Waals surface area contributed by atoms with E-state index < -0.39 is 0 Å². The summed E-state index contributed by atoms with van der Waals surface area (Å²) in [6.45, 7) is 7.54. The minimum absolute atomic E-state index is 0.201. The lowest BCUT2D eigenvalue weighted by Gasteiger charge is -2.36. The first-order valence-electron chi connectivity index (χ1n) is 6.70. The second-order valence-corrected chi connectivity index (χ2v) is 4.88. The Labute approximate surface area is 99.4 Å². The minimum Gasteiger partial charge on any atom is -0.356 e. The fourth-order valence-electron chi connectivity index (χ4n) is 2.59. The van der Waals surface area contributed by atoms with Gasteiger partial charge in [-0.2, -0.15) is 0 Å². The van der Waals surface area contributed by atoms with Crippen molar-refractivity contribution in [1.82, 2.24) is 10.6 Å². The highest BCUT2D eigenvalue weighted by atomic mass is 16.1. The molecular formula is C13H26N2O. The van der Waals surface area contributed by atoms with Crippen molar-refractivity contribution in [3.8, 4) is 0 Å². The first-order chi connectivity index (χ1) is 7.65. The Morgan fingerprint density at radius 2 is 1.94 bits per heavy atom. The Kier molecular flexibility index (Phi) is 5.26. The molecule has 16 heavy (non-hydrogen) atoms. The van der Waals surface area contributed by atoms with E-state index in [9.17, 15) is 4.79 Å². The Morgan fingerprint density at radius 3 is 2.50 bits per heavy atom. The number of carbonyl (C=O) groups is 1. The van der Waals surface area contributed by atoms with E-state index in [1.165, 1.54) is 0 Å². The van der Waals surface area contributed by atoms with Gasteiger partial charge < -0.3 is 10.6 Å². The topological polar surface area (TPSA) is 41.1 Å². The summed E-state index contributed by atoms with van der Waals surface area (Å²) in [5, 5.41) is 6.66. The predicted octanol–water partition coefficient (Wildman–Crippen LogP) is 2.21. The van der Waals surface area contributed by atoms with Gasteiger partial charge in [0.1, 0.15) is 0 Å². The van der Waals surface area contributed by atoms with Gasteiger partial charge in [0, 0.05) is 24.5 Å². The quantitative estimate of drug-likeness (QED) is 0.754. The van der Waals surface area contributed by atoms with Crippen LogP contribution in [-0.2, 0) is 4.79 Å². The summed E-state index contributed by atoms with van der Waals surface area (Å²) >= 11 is 0. The molecule has 1 heterocycles. The summed E-state index contributed by atoms with van der Waals surface area (Å²) in [7, 11) is 0. The van der Waals surface area contributed by atoms with Gasteiger partial charge in [0.2, 0.25) is 5.91 Å². The van der Waals surface area contributed by atoms with Gasteiger partial charge in [-0.05, 0) is 32.1 Å². The standard InChI is InChI=1S/C13H26N2O/c1-4-13(5-2,6-3)15-11-8-7-9-14-12(16)10-11/h11,15H,4-10H2,1-3H3,(H,14,16). The zero-order valence-electron chi connectivity index (χ0n) is 10.9. The molecule has 0 aromatic carbocycles. The normalized spacial score (nSPS) is 22.7. The molecule has 1 atom stereocenters. The molecule has 3 heteroatoms. The van der Waals surface area contributed by atoms with Crippen LogP contribution in [0.1, 0.15) is 59.3 Å². The average molecular weight is 226 g/mol. The van der Waals surface area contributed by atoms with Crippen molar-refractivity contribution in [3.05, 3.63) is 0 Å². The second kappa shape index (κ2) is 6.24. The summed E-state index contributed by atoms with van der Waals surface area (Å²) < 4.78 is 0. The molecule has 0 saturated carbocycles. The van der Waals surface area contributed by atoms with E-state index >= 15 is 0 Å². The van der Waals surface area contributed by atoms with Crippen LogP contribution >= 0.6 is 0 Å². The maximum atomic E-state index is 11.5. The van der Waals surface area contributed by atoms with Gasteiger partial charge >= 0.3 is 0 Å². The van der Waals surface area contributed by atoms with Crippen LogP contribution in [0.2, 0.25) is 0 Å². The van der Waals surface area contributed by atoms with E-state index in [-0.39, 0.29) is 11.4 Å². The van der Waals surface area contributed by atoms with Gasteiger partial charge in [0.15, 0.2) is 0 Å².